The van der Waals surface area contributed by atoms with Crippen molar-refractivity contribution >= 4 is 21.6 Å². The summed E-state index contributed by atoms with van der Waals surface area (Å²) < 4.78 is 1.19. The van der Waals surface area contributed by atoms with E-state index < -0.39 is 0 Å². The number of unbranched alkanes of at least 4 members (excludes halogenated alkanes) is 1. The summed E-state index contributed by atoms with van der Waals surface area (Å²) in [6.45, 7) is 7.61. The number of hydrogen-bond acceptors (Lipinski definition) is 2. The van der Waals surface area contributed by atoms with E-state index in [9.17, 15) is 0 Å². The van der Waals surface area contributed by atoms with Crippen LogP contribution >= 0.6 is 15.9 Å². The van der Waals surface area contributed by atoms with Gasteiger partial charge in [0.25, 0.3) is 0 Å². The van der Waals surface area contributed by atoms with E-state index in [2.05, 4.69) is 58.2 Å². The second-order valence-corrected chi connectivity index (χ2v) is 6.25. The zero-order chi connectivity index (χ0) is 13.7. The van der Waals surface area contributed by atoms with Gasteiger partial charge in [0.05, 0.1) is 0 Å². The predicted octanol–water partition coefficient (Wildman–Crippen LogP) is 4.33. The van der Waals surface area contributed by atoms with E-state index in [0.29, 0.717) is 0 Å². The van der Waals surface area contributed by atoms with Gasteiger partial charge in [-0.1, -0.05) is 42.3 Å². The number of halogens is 1. The number of benzene rings is 1. The molecule has 3 heteroatoms. The maximum absolute atomic E-state index is 3.62. The second-order valence-electron chi connectivity index (χ2n) is 5.33. The van der Waals surface area contributed by atoms with Crippen molar-refractivity contribution in [1.29, 1.82) is 0 Å². The molecule has 1 aliphatic rings. The lowest BCUT2D eigenvalue weighted by Crippen LogP contribution is -2.28. The third-order valence-corrected chi connectivity index (χ3v) is 4.16. The normalized spacial score (nSPS) is 14.7. The number of nitrogens with zero attached hydrogens (tertiary/aromatic N) is 1. The molecule has 0 atom stereocenters. The van der Waals surface area contributed by atoms with Crippen molar-refractivity contribution in [2.45, 2.75) is 52.1 Å². The largest absolute Gasteiger partial charge is 0.368 e. The van der Waals surface area contributed by atoms with Gasteiger partial charge in [0.1, 0.15) is 0 Å². The molecule has 19 heavy (non-hydrogen) atoms. The van der Waals surface area contributed by atoms with E-state index >= 15 is 0 Å². The summed E-state index contributed by atoms with van der Waals surface area (Å²) in [6.07, 6.45) is 5.26. The van der Waals surface area contributed by atoms with E-state index in [-0.39, 0.29) is 0 Å². The first-order valence-corrected chi connectivity index (χ1v) is 8.31. The molecule has 0 radical (unpaired) electrons. The van der Waals surface area contributed by atoms with Crippen molar-refractivity contribution in [3.8, 4) is 0 Å². The Morgan fingerprint density at radius 3 is 2.74 bits per heavy atom. The minimum absolute atomic E-state index is 0.779. The molecule has 0 bridgehead atoms. The lowest BCUT2D eigenvalue weighted by atomic mass is 10.1. The first-order valence-electron chi connectivity index (χ1n) is 7.52. The van der Waals surface area contributed by atoms with Crippen LogP contribution in [0.1, 0.15) is 45.1 Å². The van der Waals surface area contributed by atoms with Gasteiger partial charge in [-0.25, -0.2) is 0 Å². The summed E-state index contributed by atoms with van der Waals surface area (Å²) in [7, 11) is 0. The Morgan fingerprint density at radius 1 is 1.32 bits per heavy atom. The van der Waals surface area contributed by atoms with Crippen LogP contribution < -0.4 is 10.2 Å². The number of nitrogens with one attached hydrogen (secondary N) is 1. The molecule has 0 aliphatic heterocycles. The van der Waals surface area contributed by atoms with Crippen molar-refractivity contribution in [2.75, 3.05) is 18.0 Å². The van der Waals surface area contributed by atoms with Gasteiger partial charge < -0.3 is 10.2 Å². The van der Waals surface area contributed by atoms with E-state index in [1.165, 1.54) is 48.0 Å². The van der Waals surface area contributed by atoms with E-state index in [1.54, 1.807) is 0 Å². The van der Waals surface area contributed by atoms with Gasteiger partial charge in [-0.15, -0.1) is 0 Å². The third-order valence-electron chi connectivity index (χ3n) is 3.66. The molecule has 1 aliphatic carbocycles. The zero-order valence-corrected chi connectivity index (χ0v) is 13.7. The molecular formula is C16H25BrN2. The SMILES string of the molecule is CCCCN(c1cc(Br)ccc1CNCC)C1CC1. The second kappa shape index (κ2) is 7.30. The van der Waals surface area contributed by atoms with Crippen molar-refractivity contribution < 1.29 is 0 Å². The summed E-state index contributed by atoms with van der Waals surface area (Å²) in [4.78, 5) is 2.63. The molecule has 0 heterocycles. The average Bonchev–Trinajstić information content (AvgIpc) is 3.23. The van der Waals surface area contributed by atoms with Crippen LogP contribution in [0.4, 0.5) is 5.69 Å². The van der Waals surface area contributed by atoms with Crippen LogP contribution in [0.25, 0.3) is 0 Å². The van der Waals surface area contributed by atoms with E-state index in [0.717, 1.165) is 19.1 Å². The number of anilines is 1. The fourth-order valence-electron chi connectivity index (χ4n) is 2.43. The summed E-state index contributed by atoms with van der Waals surface area (Å²) in [5.74, 6) is 0. The van der Waals surface area contributed by atoms with Crippen LogP contribution in [0.3, 0.4) is 0 Å². The fourth-order valence-corrected chi connectivity index (χ4v) is 2.78. The molecular weight excluding hydrogens is 300 g/mol. The minimum atomic E-state index is 0.779. The smallest absolute Gasteiger partial charge is 0.0425 e. The average molecular weight is 325 g/mol. The Kier molecular flexibility index (Phi) is 5.71. The molecule has 1 aromatic carbocycles. The van der Waals surface area contributed by atoms with E-state index in [1.807, 2.05) is 0 Å². The van der Waals surface area contributed by atoms with Gasteiger partial charge >= 0.3 is 0 Å². The van der Waals surface area contributed by atoms with Crippen LogP contribution in [-0.2, 0) is 6.54 Å². The monoisotopic (exact) mass is 324 g/mol. The standard InChI is InChI=1S/C16H25BrN2/c1-3-5-10-19(15-8-9-15)16-11-14(17)7-6-13(16)12-18-4-2/h6-7,11,15,18H,3-5,8-10,12H2,1-2H3. The lowest BCUT2D eigenvalue weighted by molar-refractivity contribution is 0.692. The van der Waals surface area contributed by atoms with Crippen LogP contribution in [0.5, 0.6) is 0 Å². The van der Waals surface area contributed by atoms with Crippen LogP contribution in [0.15, 0.2) is 22.7 Å². The van der Waals surface area contributed by atoms with Crippen molar-refractivity contribution in [3.05, 3.63) is 28.2 Å². The molecule has 2 rings (SSSR count). The highest BCUT2D eigenvalue weighted by Gasteiger charge is 2.29. The quantitative estimate of drug-likeness (QED) is 0.765. The molecule has 2 nitrogen and oxygen atoms in total. The van der Waals surface area contributed by atoms with Crippen LogP contribution in [-0.4, -0.2) is 19.1 Å². The molecule has 106 valence electrons. The highest BCUT2D eigenvalue weighted by Crippen LogP contribution is 2.35. The molecule has 1 fully saturated rings. The molecule has 1 aromatic rings. The summed E-state index contributed by atoms with van der Waals surface area (Å²) in [6, 6.07) is 7.48. The maximum Gasteiger partial charge on any atom is 0.0425 e. The minimum Gasteiger partial charge on any atom is -0.368 e. The summed E-state index contributed by atoms with van der Waals surface area (Å²) in [5, 5.41) is 3.45. The van der Waals surface area contributed by atoms with Crippen LogP contribution in [0.2, 0.25) is 0 Å². The molecule has 1 N–H and O–H groups in total. The molecule has 0 amide bonds. The fraction of sp³-hybridized carbons (Fsp3) is 0.625. The van der Waals surface area contributed by atoms with Gasteiger partial charge in [-0.05, 0) is 43.5 Å². The Morgan fingerprint density at radius 2 is 2.11 bits per heavy atom. The van der Waals surface area contributed by atoms with Crippen molar-refractivity contribution in [1.82, 2.24) is 5.32 Å². The lowest BCUT2D eigenvalue weighted by Gasteiger charge is -2.27. The summed E-state index contributed by atoms with van der Waals surface area (Å²) >= 11 is 3.62. The van der Waals surface area contributed by atoms with E-state index in [4.69, 9.17) is 0 Å². The van der Waals surface area contributed by atoms with Gasteiger partial charge in [-0.3, -0.25) is 0 Å². The highest BCUT2D eigenvalue weighted by molar-refractivity contribution is 9.10. The van der Waals surface area contributed by atoms with Crippen molar-refractivity contribution in [3.63, 3.8) is 0 Å². The summed E-state index contributed by atoms with van der Waals surface area (Å²) in [5.41, 5.74) is 2.85. The first-order chi connectivity index (χ1) is 9.26. The molecule has 1 saturated carbocycles. The van der Waals surface area contributed by atoms with Gasteiger partial charge in [0.15, 0.2) is 0 Å². The number of rotatable bonds is 8. The molecule has 0 spiro atoms. The number of hydrogen-bond donors (Lipinski definition) is 1. The zero-order valence-electron chi connectivity index (χ0n) is 12.1. The molecule has 0 aromatic heterocycles. The van der Waals surface area contributed by atoms with Gasteiger partial charge in [0, 0.05) is 29.3 Å². The Bertz CT molecular complexity index is 402. The maximum atomic E-state index is 3.62. The Balaban J connectivity index is 2.19. The topological polar surface area (TPSA) is 15.3 Å². The van der Waals surface area contributed by atoms with Gasteiger partial charge in [-0.2, -0.15) is 0 Å². The highest BCUT2D eigenvalue weighted by atomic mass is 79.9. The third kappa shape index (κ3) is 4.22. The Labute approximate surface area is 125 Å². The predicted molar refractivity (Wildman–Crippen MR) is 86.8 cm³/mol. The van der Waals surface area contributed by atoms with Crippen molar-refractivity contribution in [2.24, 2.45) is 0 Å². The first kappa shape index (κ1) is 14.9. The van der Waals surface area contributed by atoms with Crippen LogP contribution in [0, 0.1) is 0 Å². The molecule has 0 unspecified atom stereocenters. The van der Waals surface area contributed by atoms with Gasteiger partial charge in [0.2, 0.25) is 0 Å². The molecule has 0 saturated heterocycles. The Hall–Kier alpha value is -0.540.